The van der Waals surface area contributed by atoms with E-state index in [4.69, 9.17) is 14.2 Å². The first kappa shape index (κ1) is 12.3. The molecule has 6 nitrogen and oxygen atoms in total. The highest BCUT2D eigenvalue weighted by atomic mass is 16.8. The molecule has 0 aromatic rings. The Labute approximate surface area is 132 Å². The van der Waals surface area contributed by atoms with Gasteiger partial charge in [-0.25, -0.2) is 0 Å². The molecule has 4 bridgehead atoms. The van der Waals surface area contributed by atoms with E-state index in [2.05, 4.69) is 0 Å². The molecule has 3 heterocycles. The van der Waals surface area contributed by atoms with Crippen LogP contribution in [0.1, 0.15) is 12.8 Å². The number of cyclic esters (lactones) is 1. The van der Waals surface area contributed by atoms with Gasteiger partial charge in [0.15, 0.2) is 0 Å². The van der Waals surface area contributed by atoms with Crippen molar-refractivity contribution in [2.45, 2.75) is 31.5 Å². The van der Waals surface area contributed by atoms with Crippen molar-refractivity contribution < 1.29 is 28.9 Å². The van der Waals surface area contributed by atoms with Crippen LogP contribution >= 0.6 is 0 Å². The Morgan fingerprint density at radius 1 is 0.783 bits per heavy atom. The summed E-state index contributed by atoms with van der Waals surface area (Å²) < 4.78 is 16.1. The first-order valence-corrected chi connectivity index (χ1v) is 8.89. The Hall–Kier alpha value is -1.14. The van der Waals surface area contributed by atoms with E-state index in [9.17, 15) is 14.7 Å². The molecule has 7 aliphatic rings. The van der Waals surface area contributed by atoms with Crippen LogP contribution in [0.15, 0.2) is 0 Å². The molecule has 13 atom stereocenters. The van der Waals surface area contributed by atoms with Gasteiger partial charge in [-0.3, -0.25) is 9.59 Å². The monoisotopic (exact) mass is 318 g/mol. The maximum absolute atomic E-state index is 12.4. The standard InChI is InChI=1S/C17H18O6/c18-14-11-5-2-6(12(11)15(19)22-14)8-4-1-3(7(5)8)9-10(4)16(20)23-17-13(9)21-17/h3-14,17-18H,1-2H2/t3?,4?,5?,6?,7?,8?,9?,10?,11?,12?,13-,14?,17?/m0/s1. The van der Waals surface area contributed by atoms with Crippen molar-refractivity contribution in [1.82, 2.24) is 0 Å². The quantitative estimate of drug-likeness (QED) is 0.388. The zero-order valence-corrected chi connectivity index (χ0v) is 12.4. The third-order valence-corrected chi connectivity index (χ3v) is 8.46. The van der Waals surface area contributed by atoms with Crippen LogP contribution in [0, 0.1) is 59.2 Å². The molecule has 3 aliphatic heterocycles. The maximum atomic E-state index is 12.4. The zero-order chi connectivity index (χ0) is 15.2. The predicted molar refractivity (Wildman–Crippen MR) is 71.0 cm³/mol. The largest absolute Gasteiger partial charge is 0.435 e. The molecular formula is C17H18O6. The molecule has 4 aliphatic carbocycles. The molecule has 0 radical (unpaired) electrons. The molecule has 7 rings (SSSR count). The number of aliphatic hydroxyl groups excluding tert-OH is 1. The van der Waals surface area contributed by atoms with Crippen LogP contribution in [0.3, 0.4) is 0 Å². The predicted octanol–water partition coefficient (Wildman–Crippen LogP) is 0.140. The second kappa shape index (κ2) is 3.45. The molecule has 0 amide bonds. The van der Waals surface area contributed by atoms with Gasteiger partial charge >= 0.3 is 11.9 Å². The normalized spacial score (nSPS) is 69.0. The van der Waals surface area contributed by atoms with E-state index >= 15 is 0 Å². The van der Waals surface area contributed by atoms with Crippen LogP contribution in [-0.2, 0) is 23.8 Å². The minimum Gasteiger partial charge on any atom is -0.435 e. The molecule has 0 aromatic carbocycles. The number of rotatable bonds is 0. The van der Waals surface area contributed by atoms with Crippen molar-refractivity contribution in [1.29, 1.82) is 0 Å². The lowest BCUT2D eigenvalue weighted by atomic mass is 9.58. The smallest absolute Gasteiger partial charge is 0.312 e. The average molecular weight is 318 g/mol. The molecule has 12 unspecified atom stereocenters. The van der Waals surface area contributed by atoms with Crippen molar-refractivity contribution in [3.63, 3.8) is 0 Å². The lowest BCUT2D eigenvalue weighted by Gasteiger charge is -2.45. The molecule has 1 N–H and O–H groups in total. The van der Waals surface area contributed by atoms with E-state index in [1.807, 2.05) is 0 Å². The summed E-state index contributed by atoms with van der Waals surface area (Å²) in [6.07, 6.45) is 0.987. The number of esters is 2. The van der Waals surface area contributed by atoms with Crippen LogP contribution in [0.2, 0.25) is 0 Å². The molecule has 3 saturated heterocycles. The Balaban J connectivity index is 1.32. The number of carbonyl (C=O) groups excluding carboxylic acids is 2. The molecule has 6 heteroatoms. The van der Waals surface area contributed by atoms with Gasteiger partial charge in [-0.05, 0) is 48.3 Å². The number of hydrogen-bond acceptors (Lipinski definition) is 6. The van der Waals surface area contributed by atoms with Gasteiger partial charge in [0.2, 0.25) is 12.6 Å². The van der Waals surface area contributed by atoms with E-state index in [1.165, 1.54) is 0 Å². The van der Waals surface area contributed by atoms with Crippen molar-refractivity contribution in [3.05, 3.63) is 0 Å². The lowest BCUT2D eigenvalue weighted by molar-refractivity contribution is -0.164. The van der Waals surface area contributed by atoms with Crippen molar-refractivity contribution in [3.8, 4) is 0 Å². The number of epoxide rings is 1. The molecule has 0 aromatic heterocycles. The van der Waals surface area contributed by atoms with Crippen LogP contribution in [0.25, 0.3) is 0 Å². The fourth-order valence-electron chi connectivity index (χ4n) is 8.18. The van der Waals surface area contributed by atoms with Gasteiger partial charge in [-0.15, -0.1) is 0 Å². The first-order chi connectivity index (χ1) is 11.1. The van der Waals surface area contributed by atoms with Crippen LogP contribution in [-0.4, -0.2) is 35.7 Å². The Bertz CT molecular complexity index is 661. The Morgan fingerprint density at radius 2 is 1.39 bits per heavy atom. The summed E-state index contributed by atoms with van der Waals surface area (Å²) in [5.74, 6) is 2.31. The fraction of sp³-hybridized carbons (Fsp3) is 0.882. The van der Waals surface area contributed by atoms with Crippen LogP contribution < -0.4 is 0 Å². The third-order valence-electron chi connectivity index (χ3n) is 8.46. The van der Waals surface area contributed by atoms with Crippen LogP contribution in [0.5, 0.6) is 0 Å². The minimum absolute atomic E-state index is 0.0157. The van der Waals surface area contributed by atoms with Crippen molar-refractivity contribution in [2.24, 2.45) is 59.2 Å². The summed E-state index contributed by atoms with van der Waals surface area (Å²) in [4.78, 5) is 24.6. The van der Waals surface area contributed by atoms with Gasteiger partial charge in [0.25, 0.3) is 0 Å². The molecule has 0 spiro atoms. The number of ether oxygens (including phenoxy) is 3. The van der Waals surface area contributed by atoms with Crippen LogP contribution in [0.4, 0.5) is 0 Å². The topological polar surface area (TPSA) is 85.4 Å². The van der Waals surface area contributed by atoms with Gasteiger partial charge in [0.05, 0.1) is 11.8 Å². The van der Waals surface area contributed by atoms with E-state index in [-0.39, 0.29) is 42.1 Å². The Morgan fingerprint density at radius 3 is 2.17 bits per heavy atom. The minimum atomic E-state index is -0.917. The third kappa shape index (κ3) is 1.13. The second-order valence-corrected chi connectivity index (χ2v) is 8.72. The molecule has 23 heavy (non-hydrogen) atoms. The summed E-state index contributed by atoms with van der Waals surface area (Å²) in [6, 6.07) is 0. The highest BCUT2D eigenvalue weighted by molar-refractivity contribution is 5.78. The van der Waals surface area contributed by atoms with E-state index in [1.54, 1.807) is 0 Å². The fourth-order valence-corrected chi connectivity index (χ4v) is 8.18. The molecular weight excluding hydrogens is 300 g/mol. The summed E-state index contributed by atoms with van der Waals surface area (Å²) in [6.45, 7) is 0. The number of fused-ring (bicyclic) bond motifs is 17. The molecule has 4 saturated carbocycles. The lowest BCUT2D eigenvalue weighted by Crippen LogP contribution is -2.50. The highest BCUT2D eigenvalue weighted by Gasteiger charge is 2.78. The highest BCUT2D eigenvalue weighted by Crippen LogP contribution is 2.75. The number of hydrogen-bond donors (Lipinski definition) is 1. The van der Waals surface area contributed by atoms with Gasteiger partial charge < -0.3 is 19.3 Å². The van der Waals surface area contributed by atoms with Gasteiger partial charge in [0, 0.05) is 11.8 Å². The zero-order valence-electron chi connectivity index (χ0n) is 12.4. The summed E-state index contributed by atoms with van der Waals surface area (Å²) >= 11 is 0. The average Bonchev–Trinajstić information content (AvgIpc) is 2.96. The number of carbonyl (C=O) groups is 2. The van der Waals surface area contributed by atoms with Crippen molar-refractivity contribution >= 4 is 11.9 Å². The van der Waals surface area contributed by atoms with E-state index in [0.29, 0.717) is 41.4 Å². The Kier molecular flexibility index (Phi) is 1.84. The summed E-state index contributed by atoms with van der Waals surface area (Å²) in [5.41, 5.74) is 0. The van der Waals surface area contributed by atoms with E-state index in [0.717, 1.165) is 12.8 Å². The van der Waals surface area contributed by atoms with Gasteiger partial charge in [0.1, 0.15) is 6.10 Å². The molecule has 122 valence electrons. The molecule has 7 fully saturated rings. The summed E-state index contributed by atoms with van der Waals surface area (Å²) in [5, 5.41) is 10.2. The maximum Gasteiger partial charge on any atom is 0.312 e. The van der Waals surface area contributed by atoms with Gasteiger partial charge in [-0.1, -0.05) is 0 Å². The first-order valence-electron chi connectivity index (χ1n) is 8.89. The number of aliphatic hydroxyl groups is 1. The van der Waals surface area contributed by atoms with Gasteiger partial charge in [-0.2, -0.15) is 0 Å². The SMILES string of the molecule is O=C1OC(O)C2C3CC(C12)C1C2CC(C31)C1C2C(=O)OC2O[C@H]21. The summed E-state index contributed by atoms with van der Waals surface area (Å²) in [7, 11) is 0. The van der Waals surface area contributed by atoms with Crippen molar-refractivity contribution in [2.75, 3.05) is 0 Å². The second-order valence-electron chi connectivity index (χ2n) is 8.72. The van der Waals surface area contributed by atoms with E-state index < -0.39 is 6.29 Å².